The fraction of sp³-hybridized carbons (Fsp3) is 0.350. The van der Waals surface area contributed by atoms with E-state index < -0.39 is 0 Å². The largest absolute Gasteiger partial charge is 0.340 e. The highest BCUT2D eigenvalue weighted by atomic mass is 35.5. The Morgan fingerprint density at radius 1 is 1.00 bits per heavy atom. The molecule has 1 aliphatic heterocycles. The van der Waals surface area contributed by atoms with E-state index in [-0.39, 0.29) is 18.1 Å². The van der Waals surface area contributed by atoms with Gasteiger partial charge >= 0.3 is 0 Å². The summed E-state index contributed by atoms with van der Waals surface area (Å²) in [6, 6.07) is 14.2. The zero-order valence-corrected chi connectivity index (χ0v) is 14.9. The third kappa shape index (κ3) is 5.28. The van der Waals surface area contributed by atoms with Crippen molar-refractivity contribution in [3.05, 3.63) is 70.5 Å². The van der Waals surface area contributed by atoms with Crippen LogP contribution in [0.5, 0.6) is 0 Å². The van der Waals surface area contributed by atoms with Crippen molar-refractivity contribution in [2.24, 2.45) is 0 Å². The molecule has 0 N–H and O–H groups in total. The van der Waals surface area contributed by atoms with Gasteiger partial charge in [-0.3, -0.25) is 9.69 Å². The minimum absolute atomic E-state index is 0.0722. The lowest BCUT2D eigenvalue weighted by Gasteiger charge is -2.34. The third-order valence-corrected chi connectivity index (χ3v) is 4.85. The maximum atomic E-state index is 13.2. The lowest BCUT2D eigenvalue weighted by atomic mass is 10.1. The first-order valence-electron chi connectivity index (χ1n) is 8.59. The monoisotopic (exact) mass is 360 g/mol. The summed E-state index contributed by atoms with van der Waals surface area (Å²) in [5.41, 5.74) is 2.00. The Bertz CT molecular complexity index is 712. The summed E-state index contributed by atoms with van der Waals surface area (Å²) in [6.07, 6.45) is 1.25. The molecule has 0 atom stereocenters. The first kappa shape index (κ1) is 17.9. The Hall–Kier alpha value is -1.91. The molecule has 3 rings (SSSR count). The maximum Gasteiger partial charge on any atom is 0.227 e. The molecule has 3 nitrogen and oxygen atoms in total. The molecule has 0 unspecified atom stereocenters. The average Bonchev–Trinajstić information content (AvgIpc) is 2.62. The highest BCUT2D eigenvalue weighted by Gasteiger charge is 2.21. The van der Waals surface area contributed by atoms with Crippen LogP contribution in [-0.4, -0.2) is 48.4 Å². The lowest BCUT2D eigenvalue weighted by Crippen LogP contribution is -2.49. The number of hydrogen-bond acceptors (Lipinski definition) is 2. The van der Waals surface area contributed by atoms with E-state index in [0.717, 1.165) is 49.7 Å². The van der Waals surface area contributed by atoms with Gasteiger partial charge < -0.3 is 4.90 Å². The van der Waals surface area contributed by atoms with Crippen LogP contribution in [0.2, 0.25) is 5.02 Å². The maximum absolute atomic E-state index is 13.2. The van der Waals surface area contributed by atoms with Gasteiger partial charge in [-0.15, -0.1) is 0 Å². The number of nitrogens with zero attached hydrogens (tertiary/aromatic N) is 2. The van der Waals surface area contributed by atoms with Crippen molar-refractivity contribution in [1.29, 1.82) is 0 Å². The van der Waals surface area contributed by atoms with E-state index in [2.05, 4.69) is 17.0 Å². The summed E-state index contributed by atoms with van der Waals surface area (Å²) in [6.45, 7) is 4.20. The lowest BCUT2D eigenvalue weighted by molar-refractivity contribution is -0.132. The van der Waals surface area contributed by atoms with Crippen molar-refractivity contribution in [1.82, 2.24) is 9.80 Å². The number of rotatable bonds is 5. The van der Waals surface area contributed by atoms with Crippen LogP contribution in [0.1, 0.15) is 11.1 Å². The Labute approximate surface area is 153 Å². The molecule has 1 aliphatic rings. The summed E-state index contributed by atoms with van der Waals surface area (Å²) in [5, 5.41) is 0.758. The molecule has 1 amide bonds. The van der Waals surface area contributed by atoms with Crippen LogP contribution in [0.25, 0.3) is 0 Å². The zero-order valence-electron chi connectivity index (χ0n) is 14.1. The molecule has 132 valence electrons. The molecule has 2 aromatic carbocycles. The number of hydrogen-bond donors (Lipinski definition) is 0. The van der Waals surface area contributed by atoms with E-state index in [1.54, 1.807) is 12.1 Å². The van der Waals surface area contributed by atoms with Crippen molar-refractivity contribution in [3.8, 4) is 0 Å². The SMILES string of the molecule is O=C(Cc1cccc(F)c1)N1CCN(CCc2ccc(Cl)cc2)CC1. The fourth-order valence-electron chi connectivity index (χ4n) is 3.09. The van der Waals surface area contributed by atoms with Crippen molar-refractivity contribution >= 4 is 17.5 Å². The average molecular weight is 361 g/mol. The molecule has 2 aromatic rings. The van der Waals surface area contributed by atoms with Gasteiger partial charge in [-0.1, -0.05) is 35.9 Å². The molecule has 1 heterocycles. The molecule has 5 heteroatoms. The molecule has 0 bridgehead atoms. The van der Waals surface area contributed by atoms with Gasteiger partial charge in [0.15, 0.2) is 0 Å². The van der Waals surface area contributed by atoms with Crippen molar-refractivity contribution in [2.45, 2.75) is 12.8 Å². The highest BCUT2D eigenvalue weighted by Crippen LogP contribution is 2.12. The summed E-state index contributed by atoms with van der Waals surface area (Å²) in [4.78, 5) is 16.6. The standard InChI is InChI=1S/C20H22ClFN2O/c21-18-6-4-16(5-7-18)8-9-23-10-12-24(13-11-23)20(25)15-17-2-1-3-19(22)14-17/h1-7,14H,8-13,15H2. The number of amides is 1. The fourth-order valence-corrected chi connectivity index (χ4v) is 3.22. The third-order valence-electron chi connectivity index (χ3n) is 4.60. The second kappa shape index (κ2) is 8.45. The Morgan fingerprint density at radius 2 is 1.72 bits per heavy atom. The van der Waals surface area contributed by atoms with Crippen LogP contribution >= 0.6 is 11.6 Å². The van der Waals surface area contributed by atoms with Crippen molar-refractivity contribution in [3.63, 3.8) is 0 Å². The second-order valence-corrected chi connectivity index (χ2v) is 6.84. The summed E-state index contributed by atoms with van der Waals surface area (Å²) >= 11 is 5.90. The van der Waals surface area contributed by atoms with E-state index in [9.17, 15) is 9.18 Å². The van der Waals surface area contributed by atoms with Gasteiger partial charge in [0, 0.05) is 37.7 Å². The topological polar surface area (TPSA) is 23.6 Å². The summed E-state index contributed by atoms with van der Waals surface area (Å²) in [5.74, 6) is -0.222. The van der Waals surface area contributed by atoms with E-state index >= 15 is 0 Å². The summed E-state index contributed by atoms with van der Waals surface area (Å²) < 4.78 is 13.2. The Morgan fingerprint density at radius 3 is 2.40 bits per heavy atom. The molecule has 1 fully saturated rings. The number of carbonyl (C=O) groups is 1. The normalized spacial score (nSPS) is 15.4. The number of carbonyl (C=O) groups excluding carboxylic acids is 1. The molecule has 0 saturated carbocycles. The van der Waals surface area contributed by atoms with E-state index in [0.29, 0.717) is 0 Å². The van der Waals surface area contributed by atoms with Gasteiger partial charge in [0.2, 0.25) is 5.91 Å². The van der Waals surface area contributed by atoms with Gasteiger partial charge in [-0.25, -0.2) is 4.39 Å². The molecule has 25 heavy (non-hydrogen) atoms. The highest BCUT2D eigenvalue weighted by molar-refractivity contribution is 6.30. The number of halogens is 2. The molecule has 0 radical (unpaired) electrons. The molecular formula is C20H22ClFN2O. The molecule has 0 aliphatic carbocycles. The van der Waals surface area contributed by atoms with E-state index in [1.165, 1.54) is 17.7 Å². The van der Waals surface area contributed by atoms with Crippen LogP contribution in [-0.2, 0) is 17.6 Å². The minimum atomic E-state index is -0.294. The quantitative estimate of drug-likeness (QED) is 0.815. The van der Waals surface area contributed by atoms with E-state index in [1.807, 2.05) is 17.0 Å². The van der Waals surface area contributed by atoms with Crippen LogP contribution in [0, 0.1) is 5.82 Å². The Kier molecular flexibility index (Phi) is 6.05. The minimum Gasteiger partial charge on any atom is -0.340 e. The number of piperazine rings is 1. The summed E-state index contributed by atoms with van der Waals surface area (Å²) in [7, 11) is 0. The van der Waals surface area contributed by atoms with Crippen molar-refractivity contribution in [2.75, 3.05) is 32.7 Å². The zero-order chi connectivity index (χ0) is 17.6. The first-order valence-corrected chi connectivity index (χ1v) is 8.97. The van der Waals surface area contributed by atoms with Crippen LogP contribution in [0.3, 0.4) is 0 Å². The molecule has 0 aromatic heterocycles. The predicted octanol–water partition coefficient (Wildman–Crippen LogP) is 3.41. The van der Waals surface area contributed by atoms with E-state index in [4.69, 9.17) is 11.6 Å². The van der Waals surface area contributed by atoms with Gasteiger partial charge in [-0.05, 0) is 41.8 Å². The predicted molar refractivity (Wildman–Crippen MR) is 98.3 cm³/mol. The molecule has 1 saturated heterocycles. The smallest absolute Gasteiger partial charge is 0.227 e. The van der Waals surface area contributed by atoms with Gasteiger partial charge in [0.25, 0.3) is 0 Å². The molecule has 0 spiro atoms. The van der Waals surface area contributed by atoms with Crippen LogP contribution in [0.4, 0.5) is 4.39 Å². The van der Waals surface area contributed by atoms with Crippen LogP contribution < -0.4 is 0 Å². The first-order chi connectivity index (χ1) is 12.1. The second-order valence-electron chi connectivity index (χ2n) is 6.41. The Balaban J connectivity index is 1.43. The van der Waals surface area contributed by atoms with Crippen molar-refractivity contribution < 1.29 is 9.18 Å². The van der Waals surface area contributed by atoms with Gasteiger partial charge in [0.05, 0.1) is 6.42 Å². The van der Waals surface area contributed by atoms with Gasteiger partial charge in [0.1, 0.15) is 5.82 Å². The van der Waals surface area contributed by atoms with Gasteiger partial charge in [-0.2, -0.15) is 0 Å². The number of benzene rings is 2. The van der Waals surface area contributed by atoms with Crippen LogP contribution in [0.15, 0.2) is 48.5 Å². The molecular weight excluding hydrogens is 339 g/mol.